The summed E-state index contributed by atoms with van der Waals surface area (Å²) in [6, 6.07) is 17.8. The van der Waals surface area contributed by atoms with Gasteiger partial charge in [-0.05, 0) is 39.7 Å². The number of rotatable bonds is 6. The van der Waals surface area contributed by atoms with Crippen molar-refractivity contribution in [2.75, 3.05) is 5.75 Å². The molecule has 0 aliphatic heterocycles. The molecule has 0 fully saturated rings. The van der Waals surface area contributed by atoms with E-state index in [-0.39, 0.29) is 11.7 Å². The second-order valence-corrected chi connectivity index (χ2v) is 8.14. The number of amides is 1. The average Bonchev–Trinajstić information content (AvgIpc) is 3.04. The summed E-state index contributed by atoms with van der Waals surface area (Å²) in [6.07, 6.45) is 3.48. The zero-order valence-electron chi connectivity index (χ0n) is 13.1. The molecule has 126 valence electrons. The smallest absolute Gasteiger partial charge is 0.250 e. The lowest BCUT2D eigenvalue weighted by atomic mass is 10.2. The highest BCUT2D eigenvalue weighted by molar-refractivity contribution is 9.12. The second-order valence-electron chi connectivity index (χ2n) is 4.97. The van der Waals surface area contributed by atoms with Crippen molar-refractivity contribution in [3.8, 4) is 0 Å². The summed E-state index contributed by atoms with van der Waals surface area (Å²) in [7, 11) is 0. The molecule has 0 bridgehead atoms. The monoisotopic (exact) mass is 431 g/mol. The number of fused-ring (bicyclic) bond motifs is 1. The maximum atomic E-state index is 11.9. The molecule has 3 rings (SSSR count). The van der Waals surface area contributed by atoms with Crippen LogP contribution < -0.4 is 5.43 Å². The number of aromatic nitrogens is 1. The fraction of sp³-hybridized carbons (Fsp3) is 0.0556. The van der Waals surface area contributed by atoms with E-state index in [0.29, 0.717) is 0 Å². The predicted octanol–water partition coefficient (Wildman–Crippen LogP) is 4.93. The van der Waals surface area contributed by atoms with E-state index < -0.39 is 0 Å². The second kappa shape index (κ2) is 8.94. The van der Waals surface area contributed by atoms with Crippen LogP contribution in [-0.4, -0.2) is 22.9 Å². The number of nitrogens with zero attached hydrogens (tertiary/aromatic N) is 2. The van der Waals surface area contributed by atoms with Gasteiger partial charge in [0.05, 0.1) is 22.2 Å². The Morgan fingerprint density at radius 2 is 1.96 bits per heavy atom. The van der Waals surface area contributed by atoms with Crippen LogP contribution in [0.5, 0.6) is 0 Å². The zero-order valence-corrected chi connectivity index (χ0v) is 16.3. The topological polar surface area (TPSA) is 54.4 Å². The summed E-state index contributed by atoms with van der Waals surface area (Å²) in [6.45, 7) is 0. The number of hydrogen-bond donors (Lipinski definition) is 1. The molecule has 1 amide bonds. The first-order valence-electron chi connectivity index (χ1n) is 7.43. The Bertz CT molecular complexity index is 889. The van der Waals surface area contributed by atoms with Gasteiger partial charge in [0.1, 0.15) is 0 Å². The minimum Gasteiger partial charge on any atom is -0.272 e. The third-order valence-corrected chi connectivity index (χ3v) is 5.70. The highest BCUT2D eigenvalue weighted by Crippen LogP contribution is 2.28. The van der Waals surface area contributed by atoms with Crippen LogP contribution in [0.3, 0.4) is 0 Å². The van der Waals surface area contributed by atoms with E-state index in [2.05, 4.69) is 31.4 Å². The number of para-hydroxylation sites is 1. The van der Waals surface area contributed by atoms with Gasteiger partial charge < -0.3 is 0 Å². The first-order chi connectivity index (χ1) is 12.2. The van der Waals surface area contributed by atoms with Crippen LogP contribution in [0.2, 0.25) is 0 Å². The molecule has 0 spiro atoms. The Balaban J connectivity index is 1.48. The number of nitrogens with one attached hydrogen (secondary N) is 1. The fourth-order valence-electron chi connectivity index (χ4n) is 1.98. The van der Waals surface area contributed by atoms with Gasteiger partial charge in [0, 0.05) is 4.48 Å². The molecule has 2 aromatic carbocycles. The van der Waals surface area contributed by atoms with E-state index in [0.717, 1.165) is 24.6 Å². The number of halogens is 1. The van der Waals surface area contributed by atoms with Crippen LogP contribution in [0.25, 0.3) is 16.3 Å². The zero-order chi connectivity index (χ0) is 17.5. The minimum absolute atomic E-state index is 0.166. The van der Waals surface area contributed by atoms with Gasteiger partial charge in [-0.15, -0.1) is 11.3 Å². The first-order valence-corrected chi connectivity index (χ1v) is 10.0. The van der Waals surface area contributed by atoms with Crippen molar-refractivity contribution in [2.24, 2.45) is 5.10 Å². The van der Waals surface area contributed by atoms with Gasteiger partial charge in [0.2, 0.25) is 0 Å². The van der Waals surface area contributed by atoms with E-state index in [9.17, 15) is 4.79 Å². The molecule has 25 heavy (non-hydrogen) atoms. The van der Waals surface area contributed by atoms with Crippen LogP contribution in [-0.2, 0) is 4.79 Å². The highest BCUT2D eigenvalue weighted by Gasteiger charge is 2.06. The van der Waals surface area contributed by atoms with Crippen LogP contribution in [0, 0.1) is 0 Å². The predicted molar refractivity (Wildman–Crippen MR) is 110 cm³/mol. The number of thioether (sulfide) groups is 1. The lowest BCUT2D eigenvalue weighted by Crippen LogP contribution is -2.19. The number of carbonyl (C=O) groups excluding carboxylic acids is 1. The SMILES string of the molecule is O=C(CSc1nc2ccccc2s1)NN=C/C(Br)=C/c1ccccc1. The van der Waals surface area contributed by atoms with E-state index in [4.69, 9.17) is 0 Å². The number of allylic oxidation sites excluding steroid dienone is 1. The lowest BCUT2D eigenvalue weighted by Gasteiger charge is -1.97. The van der Waals surface area contributed by atoms with Crippen molar-refractivity contribution >= 4 is 67.4 Å². The molecule has 0 unspecified atom stereocenters. The number of hydrogen-bond acceptors (Lipinski definition) is 5. The number of thiazole rings is 1. The van der Waals surface area contributed by atoms with Gasteiger partial charge in [-0.25, -0.2) is 10.4 Å². The summed E-state index contributed by atoms with van der Waals surface area (Å²) in [5, 5.41) is 3.95. The first kappa shape index (κ1) is 17.8. The van der Waals surface area contributed by atoms with Gasteiger partial charge in [-0.2, -0.15) is 5.10 Å². The largest absolute Gasteiger partial charge is 0.272 e. The summed E-state index contributed by atoms with van der Waals surface area (Å²) in [4.78, 5) is 16.4. The Hall–Kier alpha value is -1.96. The molecule has 4 nitrogen and oxygen atoms in total. The minimum atomic E-state index is -0.166. The molecule has 0 atom stereocenters. The number of benzene rings is 2. The van der Waals surface area contributed by atoms with Crippen molar-refractivity contribution < 1.29 is 4.79 Å². The standard InChI is InChI=1S/C18H14BrN3OS2/c19-14(10-13-6-2-1-3-7-13)11-20-22-17(23)12-24-18-21-15-8-4-5-9-16(15)25-18/h1-11H,12H2,(H,22,23)/b14-10-,20-11?. The molecule has 1 N–H and O–H groups in total. The van der Waals surface area contributed by atoms with E-state index in [1.165, 1.54) is 11.8 Å². The molecular weight excluding hydrogens is 418 g/mol. The number of carbonyl (C=O) groups is 1. The van der Waals surface area contributed by atoms with E-state index in [1.54, 1.807) is 17.6 Å². The van der Waals surface area contributed by atoms with Crippen molar-refractivity contribution in [2.45, 2.75) is 4.34 Å². The molecule has 1 heterocycles. The summed E-state index contributed by atoms with van der Waals surface area (Å²) in [5.74, 6) is 0.109. The Kier molecular flexibility index (Phi) is 6.38. The van der Waals surface area contributed by atoms with Gasteiger partial charge in [-0.1, -0.05) is 54.2 Å². The molecule has 0 aliphatic carbocycles. The Labute approximate surface area is 162 Å². The molecular formula is C18H14BrN3OS2. The fourth-order valence-corrected chi connectivity index (χ4v) is 4.21. The van der Waals surface area contributed by atoms with Crippen LogP contribution in [0.15, 0.2) is 68.5 Å². The van der Waals surface area contributed by atoms with Gasteiger partial charge in [0.15, 0.2) is 4.34 Å². The van der Waals surface area contributed by atoms with Gasteiger partial charge >= 0.3 is 0 Å². The van der Waals surface area contributed by atoms with Gasteiger partial charge in [0.25, 0.3) is 5.91 Å². The lowest BCUT2D eigenvalue weighted by molar-refractivity contribution is -0.118. The van der Waals surface area contributed by atoms with E-state index >= 15 is 0 Å². The normalized spacial score (nSPS) is 12.0. The summed E-state index contributed by atoms with van der Waals surface area (Å²) >= 11 is 6.40. The average molecular weight is 432 g/mol. The quantitative estimate of drug-likeness (QED) is 0.342. The summed E-state index contributed by atoms with van der Waals surface area (Å²) in [5.41, 5.74) is 4.53. The van der Waals surface area contributed by atoms with E-state index in [1.807, 2.05) is 60.7 Å². The molecule has 3 aromatic rings. The maximum absolute atomic E-state index is 11.9. The Morgan fingerprint density at radius 1 is 1.20 bits per heavy atom. The maximum Gasteiger partial charge on any atom is 0.250 e. The number of hydrazone groups is 1. The van der Waals surface area contributed by atoms with Crippen LogP contribution >= 0.6 is 39.0 Å². The van der Waals surface area contributed by atoms with Crippen molar-refractivity contribution in [3.63, 3.8) is 0 Å². The van der Waals surface area contributed by atoms with Crippen molar-refractivity contribution in [1.82, 2.24) is 10.4 Å². The molecule has 0 saturated carbocycles. The van der Waals surface area contributed by atoms with Crippen molar-refractivity contribution in [1.29, 1.82) is 0 Å². The van der Waals surface area contributed by atoms with Crippen LogP contribution in [0.4, 0.5) is 0 Å². The molecule has 0 radical (unpaired) electrons. The van der Waals surface area contributed by atoms with Crippen LogP contribution in [0.1, 0.15) is 5.56 Å². The molecule has 0 saturated heterocycles. The third-order valence-electron chi connectivity index (χ3n) is 3.08. The third kappa shape index (κ3) is 5.52. The molecule has 7 heteroatoms. The molecule has 1 aromatic heterocycles. The van der Waals surface area contributed by atoms with Crippen molar-refractivity contribution in [3.05, 3.63) is 64.6 Å². The summed E-state index contributed by atoms with van der Waals surface area (Å²) < 4.78 is 2.78. The highest BCUT2D eigenvalue weighted by atomic mass is 79.9. The Morgan fingerprint density at radius 3 is 2.76 bits per heavy atom. The molecule has 0 aliphatic rings. The van der Waals surface area contributed by atoms with Gasteiger partial charge in [-0.3, -0.25) is 4.79 Å².